The average Bonchev–Trinajstić information content (AvgIpc) is 0.753. The molecule has 10 aliphatic rings. The molecule has 14 atom stereocenters. The highest BCUT2D eigenvalue weighted by molar-refractivity contribution is 7.89. The Morgan fingerprint density at radius 1 is 0.669 bits per heavy atom. The van der Waals surface area contributed by atoms with Crippen LogP contribution in [0.3, 0.4) is 0 Å². The van der Waals surface area contributed by atoms with E-state index in [9.17, 15) is 58.5 Å². The smallest absolute Gasteiger partial charge is 0.325 e. The van der Waals surface area contributed by atoms with E-state index in [0.717, 1.165) is 44.2 Å². The molecule has 648 valence electrons. The number of phenols is 2. The first-order chi connectivity index (χ1) is 57.6. The Balaban J connectivity index is 0.951. The van der Waals surface area contributed by atoms with E-state index < -0.39 is 190 Å². The Hall–Kier alpha value is -10.8. The predicted octanol–water partition coefficient (Wildman–Crippen LogP) is 3.91. The molecule has 20 N–H and O–H groups in total. The second-order valence-corrected chi connectivity index (χ2v) is 34.8. The molecule has 0 unspecified atom stereocenters. The Kier molecular flexibility index (Phi) is 27.1. The first-order valence-corrected chi connectivity index (χ1v) is 42.3. The summed E-state index contributed by atoms with van der Waals surface area (Å²) < 4.78 is 58.5. The largest absolute Gasteiger partial charge is 0.508 e. The van der Waals surface area contributed by atoms with Crippen LogP contribution >= 0.6 is 11.6 Å². The van der Waals surface area contributed by atoms with Crippen molar-refractivity contribution < 1.29 is 111 Å². The predicted molar refractivity (Wildman–Crippen MR) is 436 cm³/mol. The van der Waals surface area contributed by atoms with Gasteiger partial charge in [0.1, 0.15) is 102 Å². The molecule has 6 aromatic carbocycles. The number of hydrogen-bond donors (Lipinski definition) is 19. The van der Waals surface area contributed by atoms with Crippen LogP contribution in [-0.4, -0.2) is 191 Å². The van der Waals surface area contributed by atoms with Crippen molar-refractivity contribution in [2.75, 3.05) is 37.8 Å². The number of nitrogens with one attached hydrogen (secondary N) is 11. The van der Waals surface area contributed by atoms with Gasteiger partial charge in [-0.25, -0.2) is 17.9 Å². The minimum Gasteiger partial charge on any atom is -0.508 e. The summed E-state index contributed by atoms with van der Waals surface area (Å²) in [5.74, 6) is -10.9. The third-order valence-electron chi connectivity index (χ3n) is 23.2. The van der Waals surface area contributed by atoms with Gasteiger partial charge in [0.15, 0.2) is 11.5 Å². The van der Waals surface area contributed by atoms with E-state index in [1.165, 1.54) is 105 Å². The summed E-state index contributed by atoms with van der Waals surface area (Å²) in [6, 6.07) is 6.79. The number of aromatic hydroxyl groups is 2. The fourth-order valence-corrected chi connectivity index (χ4v) is 18.8. The van der Waals surface area contributed by atoms with Gasteiger partial charge in [-0.05, 0) is 231 Å². The van der Waals surface area contributed by atoms with E-state index in [0.29, 0.717) is 30.4 Å². The Bertz CT molecular complexity index is 5050. The number of fused-ring (bicyclic) bond motifs is 15. The minimum atomic E-state index is -3.45. The maximum atomic E-state index is 16.5. The Morgan fingerprint density at radius 3 is 1.97 bits per heavy atom. The molecule has 35 nitrogen and oxygen atoms in total. The minimum absolute atomic E-state index is 0.0383. The molecule has 6 aliphatic heterocycles. The summed E-state index contributed by atoms with van der Waals surface area (Å²) in [6.45, 7) is 8.26. The number of benzene rings is 6. The second kappa shape index (κ2) is 37.3. The van der Waals surface area contributed by atoms with Gasteiger partial charge in [-0.2, -0.15) is 0 Å². The molecule has 0 radical (unpaired) electrons. The zero-order chi connectivity index (χ0) is 86.7. The molecular formula is C84H101ClN12O23S. The van der Waals surface area contributed by atoms with Gasteiger partial charge in [-0.3, -0.25) is 43.7 Å². The van der Waals surface area contributed by atoms with Crippen LogP contribution in [0.1, 0.15) is 148 Å². The molecular weight excluding hydrogens is 1610 g/mol. The van der Waals surface area contributed by atoms with Crippen LogP contribution in [-0.2, 0) is 53.1 Å². The number of carbonyl (C=O) groups excluding carboxylic acids is 9. The summed E-state index contributed by atoms with van der Waals surface area (Å²) in [4.78, 5) is 138. The van der Waals surface area contributed by atoms with E-state index in [-0.39, 0.29) is 122 Å². The zero-order valence-corrected chi connectivity index (χ0v) is 68.7. The number of urea groups is 1. The highest BCUT2D eigenvalue weighted by atomic mass is 35.5. The molecule has 0 spiro atoms. The second-order valence-electron chi connectivity index (χ2n) is 32.5. The van der Waals surface area contributed by atoms with Crippen molar-refractivity contribution in [3.05, 3.63) is 147 Å². The van der Waals surface area contributed by atoms with Gasteiger partial charge in [0.2, 0.25) is 69.3 Å². The van der Waals surface area contributed by atoms with Crippen molar-refractivity contribution in [1.29, 1.82) is 0 Å². The van der Waals surface area contributed by atoms with Gasteiger partial charge in [-0.1, -0.05) is 50.6 Å². The lowest BCUT2D eigenvalue weighted by Crippen LogP contribution is -2.60. The molecule has 6 aromatic rings. The number of amides is 10. The molecule has 0 aromatic heterocycles. The molecule has 37 heteroatoms. The fourth-order valence-electron chi connectivity index (χ4n) is 17.4. The van der Waals surface area contributed by atoms with Crippen molar-refractivity contribution >= 4 is 80.6 Å². The van der Waals surface area contributed by atoms with Gasteiger partial charge in [0.25, 0.3) is 0 Å². The lowest BCUT2D eigenvalue weighted by atomic mass is 9.54. The van der Waals surface area contributed by atoms with Crippen LogP contribution < -0.4 is 82.6 Å². The lowest BCUT2D eigenvalue weighted by Gasteiger charge is -2.54. The summed E-state index contributed by atoms with van der Waals surface area (Å²) in [5.41, 5.74) is 5.65. The fraction of sp³-hybridized carbons (Fsp3) is 0.464. The van der Waals surface area contributed by atoms with Gasteiger partial charge in [0, 0.05) is 30.4 Å². The van der Waals surface area contributed by atoms with Crippen molar-refractivity contribution in [2.24, 2.45) is 35.3 Å². The number of rotatable bonds is 21. The average molecular weight is 1710 g/mol. The van der Waals surface area contributed by atoms with Crippen molar-refractivity contribution in [1.82, 2.24) is 52.6 Å². The molecule has 4 saturated carbocycles. The number of aliphatic hydroxyl groups excluding tert-OH is 5. The van der Waals surface area contributed by atoms with Crippen molar-refractivity contribution in [2.45, 2.75) is 184 Å². The first-order valence-electron chi connectivity index (χ1n) is 40.3. The maximum Gasteiger partial charge on any atom is 0.325 e. The van der Waals surface area contributed by atoms with E-state index in [1.54, 1.807) is 13.8 Å². The number of aliphatic hydroxyl groups is 5. The van der Waals surface area contributed by atoms with Gasteiger partial charge < -0.3 is 113 Å². The normalized spacial score (nSPS) is 27.2. The van der Waals surface area contributed by atoms with Crippen molar-refractivity contribution in [3.8, 4) is 57.1 Å². The number of phenolic OH excluding ortho intramolecular Hbond substituents is 2. The van der Waals surface area contributed by atoms with Gasteiger partial charge in [0.05, 0.1) is 29.8 Å². The molecule has 10 amide bonds. The van der Waals surface area contributed by atoms with Gasteiger partial charge >= 0.3 is 6.03 Å². The number of imide groups is 1. The molecule has 1 saturated heterocycles. The number of aryl methyl sites for hydroxylation is 2. The number of nitrogens with two attached hydrogens (primary N) is 1. The van der Waals surface area contributed by atoms with E-state index in [1.807, 2.05) is 13.8 Å². The molecule has 121 heavy (non-hydrogen) atoms. The summed E-state index contributed by atoms with van der Waals surface area (Å²) in [6.07, 6.45) is -9.07. The van der Waals surface area contributed by atoms with E-state index >= 15 is 28.8 Å². The molecule has 15 bridgehead atoms. The van der Waals surface area contributed by atoms with Crippen LogP contribution in [0.5, 0.6) is 46.0 Å². The lowest BCUT2D eigenvalue weighted by molar-refractivity contribution is -0.270. The summed E-state index contributed by atoms with van der Waals surface area (Å²) in [7, 11) is -1.96. The number of sulfonamides is 1. The first kappa shape index (κ1) is 88.0. The number of halogens is 1. The number of anilines is 1. The third kappa shape index (κ3) is 19.9. The number of carbonyl (C=O) groups is 9. The monoisotopic (exact) mass is 1710 g/mol. The Morgan fingerprint density at radius 2 is 1.31 bits per heavy atom. The standard InChI is InChI=1S/C84H101ClN12O23S/c1-7-21-121(114,115)88-19-8-20-116-50-14-12-48(13-15-50)89-84(113)91-62(100)35-55-77(107)93-66-47-32-59(117-57-17-10-43(23-38(57)4)70(101)68(81(111)90-55)96-76(106)54(87-6)22-37(2)3)75(120-83-74(105)73(104)72(103)61(36-86)119-83)60(33-47)118-58-18-11-44(31-53(58)85)71(102)69-82(112)95-67(80(110)92-64-45-26-40-25-41(28-45)29-46(64)27-40)52-34-49(98)24-39(5)63(52)51-30-42(9-16-56(51)99)65(78(108)97-69)94-79(66)109/h9-18,23-24,30-34,37,40-41,45-46,54-55,61,64-74,83,87-88,98-99,101-105H,7-8,19-22,25-29,35-36,86H2,1-6H3,(H,90,111)(H,92,110)(H,93,107)(H,94,109)(H,95,112)(H,96,106)(H,97,108)(H2,89,91,100,113)/t40?,41?,45?,46?,54-,55+,61-,64?,65-,66-,67+,68-,69+,70-,71-,72-,73+,74-,83+/m1/s1. The highest BCUT2D eigenvalue weighted by Crippen LogP contribution is 2.55. The van der Waals surface area contributed by atoms with E-state index in [2.05, 4.69) is 57.9 Å². The van der Waals surface area contributed by atoms with Crippen molar-refractivity contribution in [3.63, 3.8) is 0 Å². The maximum absolute atomic E-state index is 16.5. The Labute approximate surface area is 701 Å². The van der Waals surface area contributed by atoms with Crippen LogP contribution in [0.2, 0.25) is 5.02 Å². The van der Waals surface area contributed by atoms with Crippen LogP contribution in [0, 0.1) is 43.4 Å². The molecule has 5 fully saturated rings. The van der Waals surface area contributed by atoms with Crippen LogP contribution in [0.25, 0.3) is 11.1 Å². The van der Waals surface area contributed by atoms with Gasteiger partial charge in [-0.15, -0.1) is 0 Å². The molecule has 4 aliphatic carbocycles. The summed E-state index contributed by atoms with van der Waals surface area (Å²) in [5, 5.41) is 109. The number of likely N-dealkylation sites (N-methyl/N-ethyl adjacent to an activating group) is 1. The third-order valence-corrected chi connectivity index (χ3v) is 25.1. The zero-order valence-electron chi connectivity index (χ0n) is 67.1. The van der Waals surface area contributed by atoms with Crippen LogP contribution in [0.4, 0.5) is 10.5 Å². The molecule has 6 heterocycles. The quantitative estimate of drug-likeness (QED) is 0.0454. The number of hydrogen-bond acceptors (Lipinski definition) is 25. The topological polar surface area (TPSA) is 534 Å². The highest BCUT2D eigenvalue weighted by Gasteiger charge is 2.51. The SMILES string of the molecule is CCCS(=O)(=O)NCCCOc1ccc(NC(=O)NC(=O)C[C@@H]2NC(=O)[C@H](NC(=O)[C@@H](CC(C)C)NC)[C@H](O)c3ccc(c(C)c3)Oc3cc4cc(c3O[C@@H]3O[C@H](CN)[C@@H](O)[C@H](O)[C@H]3O)Oc3ccc(cc3Cl)[C@@H](O)[C@@H]3NC(=O)[C@H](NC(=O)[C@@H]4NC2=O)c2ccc(O)c(c2)-c2c(C)cc(O)cc2[C@@H](C(=O)NC2C4CC5CC(C4)CC2C5)NC3=O)cc1. The molecule has 16 rings (SSSR count). The van der Waals surface area contributed by atoms with E-state index in [4.69, 9.17) is 41.0 Å². The van der Waals surface area contributed by atoms with Crippen LogP contribution in [0.15, 0.2) is 103 Å². The summed E-state index contributed by atoms with van der Waals surface area (Å²) >= 11 is 7.21. The number of ether oxygens (including phenoxy) is 5.